The molecule has 7 nitrogen and oxygen atoms in total. The van der Waals surface area contributed by atoms with Crippen LogP contribution in [-0.4, -0.2) is 77.3 Å². The maximum absolute atomic E-state index is 13.0. The Morgan fingerprint density at radius 1 is 1.28 bits per heavy atom. The molecule has 2 aliphatic heterocycles. The number of amides is 1. The molecule has 138 valence electrons. The molecule has 2 fully saturated rings. The van der Waals surface area contributed by atoms with Crippen molar-refractivity contribution >= 4 is 15.7 Å². The number of fused-ring (bicyclic) bond motifs is 1. The summed E-state index contributed by atoms with van der Waals surface area (Å²) in [6, 6.07) is 1.23. The van der Waals surface area contributed by atoms with Crippen LogP contribution in [0.1, 0.15) is 49.4 Å². The highest BCUT2D eigenvalue weighted by molar-refractivity contribution is 7.91. The fourth-order valence-corrected chi connectivity index (χ4v) is 5.77. The lowest BCUT2D eigenvalue weighted by Crippen LogP contribution is -2.60. The van der Waals surface area contributed by atoms with Crippen LogP contribution in [0.2, 0.25) is 0 Å². The Kier molecular flexibility index (Phi) is 5.11. The van der Waals surface area contributed by atoms with Crippen molar-refractivity contribution in [3.63, 3.8) is 0 Å². The van der Waals surface area contributed by atoms with Gasteiger partial charge in [-0.25, -0.2) is 18.4 Å². The Balaban J connectivity index is 1.87. The summed E-state index contributed by atoms with van der Waals surface area (Å²) in [5.74, 6) is 0.765. The summed E-state index contributed by atoms with van der Waals surface area (Å²) in [5.41, 5.74) is 0.352. The first-order chi connectivity index (χ1) is 11.8. The number of hydrogen-bond acceptors (Lipinski definition) is 6. The molecule has 1 aromatic heterocycles. The number of sulfone groups is 1. The quantitative estimate of drug-likeness (QED) is 0.788. The van der Waals surface area contributed by atoms with Crippen LogP contribution in [0.25, 0.3) is 0 Å². The van der Waals surface area contributed by atoms with Gasteiger partial charge in [0, 0.05) is 31.2 Å². The molecule has 0 aliphatic carbocycles. The van der Waals surface area contributed by atoms with E-state index in [2.05, 4.69) is 21.8 Å². The van der Waals surface area contributed by atoms with Crippen molar-refractivity contribution in [2.24, 2.45) is 0 Å². The van der Waals surface area contributed by atoms with E-state index >= 15 is 0 Å². The zero-order valence-corrected chi connectivity index (χ0v) is 15.9. The second-order valence-corrected chi connectivity index (χ2v) is 9.35. The standard InChI is InChI=1S/C17H26N4O3S/c1-4-7-20-8-9-21(15-11-25(23,24)10-14(15)20)17(22)13-5-6-18-16(19-13)12(2)3/h5-6,12,14-15H,4,7-11H2,1-3H3/t14-,15+/m1/s1. The summed E-state index contributed by atoms with van der Waals surface area (Å²) < 4.78 is 24.4. The smallest absolute Gasteiger partial charge is 0.272 e. The zero-order chi connectivity index (χ0) is 18.2. The predicted molar refractivity (Wildman–Crippen MR) is 95.3 cm³/mol. The number of carbonyl (C=O) groups is 1. The molecule has 0 bridgehead atoms. The van der Waals surface area contributed by atoms with E-state index < -0.39 is 9.84 Å². The molecule has 2 saturated heterocycles. The minimum atomic E-state index is -3.12. The molecule has 25 heavy (non-hydrogen) atoms. The number of rotatable bonds is 4. The van der Waals surface area contributed by atoms with E-state index in [0.717, 1.165) is 13.0 Å². The van der Waals surface area contributed by atoms with Gasteiger partial charge in [-0.15, -0.1) is 0 Å². The van der Waals surface area contributed by atoms with Gasteiger partial charge in [0.1, 0.15) is 11.5 Å². The maximum Gasteiger partial charge on any atom is 0.272 e. The average molecular weight is 366 g/mol. The van der Waals surface area contributed by atoms with Crippen molar-refractivity contribution in [3.05, 3.63) is 23.8 Å². The van der Waals surface area contributed by atoms with Crippen molar-refractivity contribution in [1.82, 2.24) is 19.8 Å². The van der Waals surface area contributed by atoms with Crippen molar-refractivity contribution < 1.29 is 13.2 Å². The molecule has 0 spiro atoms. The number of piperazine rings is 1. The van der Waals surface area contributed by atoms with Crippen molar-refractivity contribution in [2.75, 3.05) is 31.1 Å². The monoisotopic (exact) mass is 366 g/mol. The number of carbonyl (C=O) groups excluding carboxylic acids is 1. The first kappa shape index (κ1) is 18.3. The summed E-state index contributed by atoms with van der Waals surface area (Å²) in [5, 5.41) is 0. The van der Waals surface area contributed by atoms with Gasteiger partial charge in [-0.05, 0) is 19.0 Å². The SMILES string of the molecule is CCCN1CCN(C(=O)c2ccnc(C(C)C)n2)[C@H]2CS(=O)(=O)C[C@H]21. The Labute approximate surface area is 149 Å². The molecule has 3 rings (SSSR count). The van der Waals surface area contributed by atoms with Crippen LogP contribution in [0.3, 0.4) is 0 Å². The molecular weight excluding hydrogens is 340 g/mol. The van der Waals surface area contributed by atoms with E-state index in [-0.39, 0.29) is 35.4 Å². The highest BCUT2D eigenvalue weighted by atomic mass is 32.2. The van der Waals surface area contributed by atoms with Crippen LogP contribution in [0.4, 0.5) is 0 Å². The van der Waals surface area contributed by atoms with E-state index in [4.69, 9.17) is 0 Å². The number of nitrogens with zero attached hydrogens (tertiary/aromatic N) is 4. The van der Waals surface area contributed by atoms with Gasteiger partial charge in [-0.1, -0.05) is 20.8 Å². The van der Waals surface area contributed by atoms with Gasteiger partial charge in [-0.3, -0.25) is 9.69 Å². The van der Waals surface area contributed by atoms with E-state index in [1.165, 1.54) is 0 Å². The highest BCUT2D eigenvalue weighted by Crippen LogP contribution is 2.28. The summed E-state index contributed by atoms with van der Waals surface area (Å²) in [6.07, 6.45) is 2.58. The molecule has 1 aromatic rings. The first-order valence-electron chi connectivity index (χ1n) is 8.90. The van der Waals surface area contributed by atoms with Crippen LogP contribution >= 0.6 is 0 Å². The Hall–Kier alpha value is -1.54. The molecule has 0 aromatic carbocycles. The fraction of sp³-hybridized carbons (Fsp3) is 0.706. The molecule has 0 radical (unpaired) electrons. The lowest BCUT2D eigenvalue weighted by atomic mass is 10.0. The summed E-state index contributed by atoms with van der Waals surface area (Å²) in [4.78, 5) is 25.5. The normalized spacial score (nSPS) is 26.0. The molecule has 8 heteroatoms. The minimum absolute atomic E-state index is 0.0474. The van der Waals surface area contributed by atoms with Crippen molar-refractivity contribution in [3.8, 4) is 0 Å². The van der Waals surface area contributed by atoms with Crippen molar-refractivity contribution in [1.29, 1.82) is 0 Å². The molecular formula is C17H26N4O3S. The Morgan fingerprint density at radius 3 is 2.68 bits per heavy atom. The minimum Gasteiger partial charge on any atom is -0.330 e. The lowest BCUT2D eigenvalue weighted by Gasteiger charge is -2.43. The van der Waals surface area contributed by atoms with E-state index in [9.17, 15) is 13.2 Å². The molecule has 2 aliphatic rings. The van der Waals surface area contributed by atoms with Gasteiger partial charge >= 0.3 is 0 Å². The van der Waals surface area contributed by atoms with Gasteiger partial charge < -0.3 is 4.90 Å². The number of hydrogen-bond donors (Lipinski definition) is 0. The van der Waals surface area contributed by atoms with Crippen molar-refractivity contribution in [2.45, 2.75) is 45.2 Å². The Morgan fingerprint density at radius 2 is 2.00 bits per heavy atom. The fourth-order valence-electron chi connectivity index (χ4n) is 3.76. The van der Waals surface area contributed by atoms with Gasteiger partial charge in [0.25, 0.3) is 5.91 Å². The van der Waals surface area contributed by atoms with Gasteiger partial charge in [0.15, 0.2) is 9.84 Å². The molecule has 3 heterocycles. The molecule has 2 atom stereocenters. The van der Waals surface area contributed by atoms with E-state index in [1.807, 2.05) is 13.8 Å². The zero-order valence-electron chi connectivity index (χ0n) is 15.1. The summed E-state index contributed by atoms with van der Waals surface area (Å²) >= 11 is 0. The summed E-state index contributed by atoms with van der Waals surface area (Å²) in [6.45, 7) is 8.16. The first-order valence-corrected chi connectivity index (χ1v) is 10.7. The molecule has 0 unspecified atom stereocenters. The van der Waals surface area contributed by atoms with Gasteiger partial charge in [0.2, 0.25) is 0 Å². The average Bonchev–Trinajstić information content (AvgIpc) is 2.90. The van der Waals surface area contributed by atoms with Crippen LogP contribution in [0.5, 0.6) is 0 Å². The lowest BCUT2D eigenvalue weighted by molar-refractivity contribution is 0.0328. The van der Waals surface area contributed by atoms with Crippen LogP contribution in [0, 0.1) is 0 Å². The predicted octanol–water partition coefficient (Wildman–Crippen LogP) is 0.933. The third kappa shape index (κ3) is 3.69. The summed E-state index contributed by atoms with van der Waals surface area (Å²) in [7, 11) is -3.12. The third-order valence-electron chi connectivity index (χ3n) is 4.97. The third-order valence-corrected chi connectivity index (χ3v) is 6.67. The highest BCUT2D eigenvalue weighted by Gasteiger charge is 2.48. The van der Waals surface area contributed by atoms with E-state index in [0.29, 0.717) is 24.6 Å². The maximum atomic E-state index is 13.0. The van der Waals surface area contributed by atoms with Gasteiger partial charge in [0.05, 0.1) is 17.5 Å². The topological polar surface area (TPSA) is 83.5 Å². The second kappa shape index (κ2) is 6.99. The Bertz CT molecular complexity index is 750. The van der Waals surface area contributed by atoms with Crippen LogP contribution in [0.15, 0.2) is 12.3 Å². The second-order valence-electron chi connectivity index (χ2n) is 7.20. The molecule has 0 saturated carbocycles. The van der Waals surface area contributed by atoms with Crippen LogP contribution < -0.4 is 0 Å². The number of aromatic nitrogens is 2. The van der Waals surface area contributed by atoms with Gasteiger partial charge in [-0.2, -0.15) is 0 Å². The van der Waals surface area contributed by atoms with E-state index in [1.54, 1.807) is 17.2 Å². The molecule has 1 amide bonds. The van der Waals surface area contributed by atoms with Crippen LogP contribution in [-0.2, 0) is 9.84 Å². The largest absolute Gasteiger partial charge is 0.330 e. The molecule has 0 N–H and O–H groups in total.